The number of hydrogen-bond acceptors (Lipinski definition) is 3. The third kappa shape index (κ3) is 4.75. The monoisotopic (exact) mass is 386 g/mol. The van der Waals surface area contributed by atoms with Crippen molar-refractivity contribution in [1.29, 1.82) is 0 Å². The molecule has 0 unspecified atom stereocenters. The lowest BCUT2D eigenvalue weighted by Crippen LogP contribution is -2.52. The molecule has 1 amide bonds. The molecule has 144 valence electrons. The molecule has 0 aromatic heterocycles. The maximum absolute atomic E-state index is 13.0. The third-order valence-electron chi connectivity index (χ3n) is 5.02. The number of rotatable bonds is 5. The number of piperazine rings is 1. The number of ether oxygens (including phenoxy) is 1. The number of carbonyl (C=O) groups excluding carboxylic acids is 1. The van der Waals surface area contributed by atoms with Crippen molar-refractivity contribution in [2.24, 2.45) is 0 Å². The van der Waals surface area contributed by atoms with Gasteiger partial charge in [0.1, 0.15) is 5.75 Å². The Hall–Kier alpha value is -2.20. The minimum absolute atomic E-state index is 0.0733. The molecule has 0 N–H and O–H groups in total. The van der Waals surface area contributed by atoms with E-state index in [0.29, 0.717) is 19.5 Å². The molecule has 0 aliphatic carbocycles. The van der Waals surface area contributed by atoms with Crippen LogP contribution in [-0.4, -0.2) is 43.1 Å². The zero-order valence-electron chi connectivity index (χ0n) is 16.2. The Balaban J connectivity index is 1.62. The van der Waals surface area contributed by atoms with Gasteiger partial charge in [0.25, 0.3) is 5.91 Å². The fourth-order valence-corrected chi connectivity index (χ4v) is 3.54. The van der Waals surface area contributed by atoms with Crippen LogP contribution in [-0.2, 0) is 4.79 Å². The highest BCUT2D eigenvalue weighted by atomic mass is 35.5. The van der Waals surface area contributed by atoms with E-state index in [4.69, 9.17) is 16.3 Å². The van der Waals surface area contributed by atoms with E-state index in [2.05, 4.69) is 17.0 Å². The van der Waals surface area contributed by atoms with Gasteiger partial charge in [-0.1, -0.05) is 36.7 Å². The smallest absolute Gasteiger partial charge is 0.263 e. The molecule has 4 nitrogen and oxygen atoms in total. The normalized spacial score (nSPS) is 15.6. The van der Waals surface area contributed by atoms with E-state index in [1.54, 1.807) is 0 Å². The van der Waals surface area contributed by atoms with Gasteiger partial charge < -0.3 is 14.5 Å². The van der Waals surface area contributed by atoms with Crippen molar-refractivity contribution in [2.75, 3.05) is 31.1 Å². The number of nitrogens with zero attached hydrogens (tertiary/aromatic N) is 2. The first-order chi connectivity index (χ1) is 13.0. The summed E-state index contributed by atoms with van der Waals surface area (Å²) in [6, 6.07) is 14.0. The Morgan fingerprint density at radius 2 is 1.85 bits per heavy atom. The van der Waals surface area contributed by atoms with Gasteiger partial charge in [-0.05, 0) is 55.7 Å². The largest absolute Gasteiger partial charge is 0.480 e. The average Bonchev–Trinajstić information content (AvgIpc) is 2.68. The van der Waals surface area contributed by atoms with Crippen molar-refractivity contribution in [1.82, 2.24) is 4.90 Å². The number of hydrogen-bond donors (Lipinski definition) is 0. The van der Waals surface area contributed by atoms with Gasteiger partial charge in [-0.15, -0.1) is 0 Å². The molecule has 0 bridgehead atoms. The highest BCUT2D eigenvalue weighted by Gasteiger charge is 2.28. The summed E-state index contributed by atoms with van der Waals surface area (Å²) in [6.07, 6.45) is 0.212. The summed E-state index contributed by atoms with van der Waals surface area (Å²) in [5, 5.41) is 0.735. The van der Waals surface area contributed by atoms with Crippen LogP contribution in [0, 0.1) is 13.8 Å². The zero-order valence-corrected chi connectivity index (χ0v) is 17.0. The van der Waals surface area contributed by atoms with Crippen LogP contribution in [0.4, 0.5) is 5.69 Å². The topological polar surface area (TPSA) is 32.8 Å². The van der Waals surface area contributed by atoms with E-state index in [0.717, 1.165) is 40.7 Å². The number of amides is 1. The van der Waals surface area contributed by atoms with Crippen LogP contribution in [0.2, 0.25) is 5.02 Å². The summed E-state index contributed by atoms with van der Waals surface area (Å²) in [6.45, 7) is 9.02. The van der Waals surface area contributed by atoms with Gasteiger partial charge >= 0.3 is 0 Å². The molecule has 5 heteroatoms. The van der Waals surface area contributed by atoms with Gasteiger partial charge in [-0.2, -0.15) is 0 Å². The van der Waals surface area contributed by atoms with Crippen molar-refractivity contribution >= 4 is 23.2 Å². The minimum Gasteiger partial charge on any atom is -0.480 e. The second-order valence-electron chi connectivity index (χ2n) is 7.08. The predicted octanol–water partition coefficient (Wildman–Crippen LogP) is 4.46. The zero-order chi connectivity index (χ0) is 19.4. The lowest BCUT2D eigenvalue weighted by Gasteiger charge is -2.37. The molecule has 2 aromatic rings. The Morgan fingerprint density at radius 3 is 2.52 bits per heavy atom. The molecule has 1 atom stereocenters. The van der Waals surface area contributed by atoms with Crippen LogP contribution in [0.5, 0.6) is 5.75 Å². The number of aryl methyl sites for hydroxylation is 2. The van der Waals surface area contributed by atoms with E-state index >= 15 is 0 Å². The molecule has 0 radical (unpaired) electrons. The second kappa shape index (κ2) is 8.66. The van der Waals surface area contributed by atoms with Crippen molar-refractivity contribution in [3.8, 4) is 5.75 Å². The van der Waals surface area contributed by atoms with Gasteiger partial charge in [-0.3, -0.25) is 4.79 Å². The lowest BCUT2D eigenvalue weighted by atomic mass is 10.1. The molecule has 0 spiro atoms. The third-order valence-corrected chi connectivity index (χ3v) is 5.26. The Bertz CT molecular complexity index is 801. The first kappa shape index (κ1) is 19.6. The van der Waals surface area contributed by atoms with Gasteiger partial charge in [0, 0.05) is 36.9 Å². The van der Waals surface area contributed by atoms with Crippen molar-refractivity contribution < 1.29 is 9.53 Å². The maximum atomic E-state index is 13.0. The summed E-state index contributed by atoms with van der Waals surface area (Å²) >= 11 is 6.10. The fourth-order valence-electron chi connectivity index (χ4n) is 3.36. The SMILES string of the molecule is CC[C@H](Oc1cc(C)ccc1C)C(=O)N1CCN(c2cccc(Cl)c2)CC1. The second-order valence-corrected chi connectivity index (χ2v) is 7.51. The van der Waals surface area contributed by atoms with E-state index in [-0.39, 0.29) is 5.91 Å². The molecule has 0 saturated carbocycles. The van der Waals surface area contributed by atoms with Crippen LogP contribution in [0.25, 0.3) is 0 Å². The quantitative estimate of drug-likeness (QED) is 0.760. The molecule has 27 heavy (non-hydrogen) atoms. The summed E-state index contributed by atoms with van der Waals surface area (Å²) < 4.78 is 6.10. The molecule has 1 aliphatic rings. The molecule has 1 saturated heterocycles. The Labute approximate surface area is 166 Å². The van der Waals surface area contributed by atoms with Crippen LogP contribution in [0.15, 0.2) is 42.5 Å². The van der Waals surface area contributed by atoms with Gasteiger partial charge in [0.15, 0.2) is 6.10 Å². The summed E-state index contributed by atoms with van der Waals surface area (Å²) in [7, 11) is 0. The number of benzene rings is 2. The summed E-state index contributed by atoms with van der Waals surface area (Å²) in [5.41, 5.74) is 3.29. The molecular weight excluding hydrogens is 360 g/mol. The van der Waals surface area contributed by atoms with Crippen LogP contribution in [0.1, 0.15) is 24.5 Å². The van der Waals surface area contributed by atoms with Gasteiger partial charge in [-0.25, -0.2) is 0 Å². The Kier molecular flexibility index (Phi) is 6.27. The molecule has 1 fully saturated rings. The maximum Gasteiger partial charge on any atom is 0.263 e. The molecular formula is C22H27ClN2O2. The van der Waals surface area contributed by atoms with Crippen LogP contribution < -0.4 is 9.64 Å². The van der Waals surface area contributed by atoms with E-state index in [1.807, 2.05) is 56.0 Å². The first-order valence-corrected chi connectivity index (χ1v) is 9.89. The van der Waals surface area contributed by atoms with Crippen LogP contribution in [0.3, 0.4) is 0 Å². The standard InChI is InChI=1S/C22H27ClN2O2/c1-4-20(27-21-14-16(2)8-9-17(21)3)22(26)25-12-10-24(11-13-25)19-7-5-6-18(23)15-19/h5-9,14-15,20H,4,10-13H2,1-3H3/t20-/m0/s1. The molecule has 3 rings (SSSR count). The van der Waals surface area contributed by atoms with E-state index in [1.165, 1.54) is 0 Å². The van der Waals surface area contributed by atoms with E-state index in [9.17, 15) is 4.79 Å². The Morgan fingerprint density at radius 1 is 1.11 bits per heavy atom. The number of anilines is 1. The fraction of sp³-hybridized carbons (Fsp3) is 0.409. The van der Waals surface area contributed by atoms with Crippen molar-refractivity contribution in [3.05, 3.63) is 58.6 Å². The van der Waals surface area contributed by atoms with Gasteiger partial charge in [0.05, 0.1) is 0 Å². The van der Waals surface area contributed by atoms with Gasteiger partial charge in [0.2, 0.25) is 0 Å². The van der Waals surface area contributed by atoms with E-state index < -0.39 is 6.10 Å². The summed E-state index contributed by atoms with van der Waals surface area (Å²) in [5.74, 6) is 0.872. The molecule has 2 aromatic carbocycles. The molecule has 1 aliphatic heterocycles. The lowest BCUT2D eigenvalue weighted by molar-refractivity contribution is -0.139. The minimum atomic E-state index is -0.441. The first-order valence-electron chi connectivity index (χ1n) is 9.51. The predicted molar refractivity (Wildman–Crippen MR) is 111 cm³/mol. The van der Waals surface area contributed by atoms with Crippen molar-refractivity contribution in [3.63, 3.8) is 0 Å². The highest BCUT2D eigenvalue weighted by Crippen LogP contribution is 2.23. The summed E-state index contributed by atoms with van der Waals surface area (Å²) in [4.78, 5) is 17.2. The number of halogens is 1. The van der Waals surface area contributed by atoms with Crippen molar-refractivity contribution in [2.45, 2.75) is 33.3 Å². The molecule has 1 heterocycles. The highest BCUT2D eigenvalue weighted by molar-refractivity contribution is 6.30. The average molecular weight is 387 g/mol. The van der Waals surface area contributed by atoms with Crippen LogP contribution >= 0.6 is 11.6 Å². The number of carbonyl (C=O) groups is 1.